The number of methoxy groups -OCH3 is 1. The van der Waals surface area contributed by atoms with E-state index in [9.17, 15) is 0 Å². The molecule has 45 heavy (non-hydrogen) atoms. The van der Waals surface area contributed by atoms with E-state index in [2.05, 4.69) is 78.9 Å². The number of nitrogen functional groups attached to an aromatic ring is 1. The van der Waals surface area contributed by atoms with Crippen LogP contribution >= 0.6 is 22.7 Å². The highest BCUT2D eigenvalue weighted by Gasteiger charge is 2.20. The minimum absolute atomic E-state index is 0.811. The van der Waals surface area contributed by atoms with Crippen molar-refractivity contribution in [1.29, 1.82) is 0 Å². The molecular formula is C38H28N4OS2. The van der Waals surface area contributed by atoms with Gasteiger partial charge in [-0.3, -0.25) is 15.0 Å². The molecule has 0 saturated carbocycles. The van der Waals surface area contributed by atoms with Gasteiger partial charge in [0.2, 0.25) is 0 Å². The number of thiophene rings is 2. The zero-order valence-electron chi connectivity index (χ0n) is 24.5. The molecule has 7 heteroatoms. The van der Waals surface area contributed by atoms with Crippen molar-refractivity contribution in [1.82, 2.24) is 0 Å². The van der Waals surface area contributed by atoms with Crippen molar-refractivity contribution in [3.63, 3.8) is 0 Å². The number of nitrogens with zero attached hydrogens (tertiary/aromatic N) is 3. The molecule has 8 rings (SSSR count). The molecule has 0 amide bonds. The van der Waals surface area contributed by atoms with Crippen LogP contribution in [0.15, 0.2) is 112 Å². The lowest BCUT2D eigenvalue weighted by Crippen LogP contribution is -1.86. The van der Waals surface area contributed by atoms with Crippen LogP contribution in [0, 0.1) is 0 Å². The molecule has 2 heterocycles. The molecule has 2 aliphatic carbocycles. The topological polar surface area (TPSA) is 72.3 Å². The van der Waals surface area contributed by atoms with Gasteiger partial charge in [0.15, 0.2) is 5.06 Å². The van der Waals surface area contributed by atoms with Gasteiger partial charge in [-0.2, -0.15) is 0 Å². The summed E-state index contributed by atoms with van der Waals surface area (Å²) < 4.78 is 5.28. The van der Waals surface area contributed by atoms with Gasteiger partial charge in [0.25, 0.3) is 0 Å². The molecule has 218 valence electrons. The lowest BCUT2D eigenvalue weighted by molar-refractivity contribution is 0.427. The highest BCUT2D eigenvalue weighted by molar-refractivity contribution is 7.15. The Morgan fingerprint density at radius 2 is 0.956 bits per heavy atom. The summed E-state index contributed by atoms with van der Waals surface area (Å²) in [5.74, 6) is 0. The summed E-state index contributed by atoms with van der Waals surface area (Å²) in [6, 6.07) is 33.7. The van der Waals surface area contributed by atoms with E-state index in [-0.39, 0.29) is 0 Å². The van der Waals surface area contributed by atoms with Gasteiger partial charge in [-0.15, -0.1) is 11.3 Å². The molecule has 0 radical (unpaired) electrons. The first-order chi connectivity index (χ1) is 22.1. The van der Waals surface area contributed by atoms with E-state index in [1.54, 1.807) is 29.8 Å². The molecule has 4 aromatic carbocycles. The molecule has 2 aromatic heterocycles. The van der Waals surface area contributed by atoms with E-state index >= 15 is 0 Å². The second-order valence-electron chi connectivity index (χ2n) is 11.2. The Bertz CT molecular complexity index is 2190. The van der Waals surface area contributed by atoms with Crippen LogP contribution in [0.5, 0.6) is 5.06 Å². The number of anilines is 1. The van der Waals surface area contributed by atoms with E-state index in [1.165, 1.54) is 44.5 Å². The normalized spacial score (nSPS) is 13.1. The van der Waals surface area contributed by atoms with Gasteiger partial charge in [-0.05, 0) is 130 Å². The Kier molecular flexibility index (Phi) is 6.97. The number of hydrogen-bond donors (Lipinski definition) is 1. The summed E-state index contributed by atoms with van der Waals surface area (Å²) in [6.45, 7) is 0. The molecule has 0 saturated heterocycles. The summed E-state index contributed by atoms with van der Waals surface area (Å²) in [5.41, 5.74) is 19.9. The fourth-order valence-electron chi connectivity index (χ4n) is 6.08. The Labute approximate surface area is 269 Å². The van der Waals surface area contributed by atoms with Gasteiger partial charge in [-0.25, -0.2) is 0 Å². The third-order valence-electron chi connectivity index (χ3n) is 8.21. The maximum atomic E-state index is 6.00. The van der Waals surface area contributed by atoms with Crippen molar-refractivity contribution >= 4 is 64.1 Å². The maximum absolute atomic E-state index is 6.00. The monoisotopic (exact) mass is 620 g/mol. The van der Waals surface area contributed by atoms with E-state index in [4.69, 9.17) is 25.4 Å². The molecule has 0 bridgehead atoms. The van der Waals surface area contributed by atoms with Crippen molar-refractivity contribution < 1.29 is 4.74 Å². The Balaban J connectivity index is 0.925. The third kappa shape index (κ3) is 5.52. The predicted molar refractivity (Wildman–Crippen MR) is 191 cm³/mol. The van der Waals surface area contributed by atoms with E-state index < -0.39 is 0 Å². The Morgan fingerprint density at radius 3 is 1.42 bits per heavy atom. The lowest BCUT2D eigenvalue weighted by Gasteiger charge is -2.02. The van der Waals surface area contributed by atoms with Gasteiger partial charge in [0, 0.05) is 39.0 Å². The quantitative estimate of drug-likeness (QED) is 0.142. The third-order valence-corrected chi connectivity index (χ3v) is 10.1. The largest absolute Gasteiger partial charge is 0.487 e. The summed E-state index contributed by atoms with van der Waals surface area (Å²) in [7, 11) is 1.68. The molecule has 0 atom stereocenters. The molecule has 2 N–H and O–H groups in total. The number of ether oxygens (including phenoxy) is 1. The van der Waals surface area contributed by atoms with E-state index in [1.807, 2.05) is 36.8 Å². The number of rotatable bonds is 7. The van der Waals surface area contributed by atoms with Gasteiger partial charge < -0.3 is 10.5 Å². The van der Waals surface area contributed by atoms with Crippen LogP contribution in [0.25, 0.3) is 22.3 Å². The van der Waals surface area contributed by atoms with Gasteiger partial charge in [0.05, 0.1) is 24.2 Å². The SMILES string of the molecule is COc1ccc(/C=N/c2ccc3c(c2)Cc2cc(/N=C/c4ccc(/C=N/c5ccc6c(c5)Cc5cc(N)ccc5-6)s4)ccc2-3)s1. The summed E-state index contributed by atoms with van der Waals surface area (Å²) in [5, 5.41) is 0.886. The standard InChI is InChI=1S/C38H28N4OS2/c1-43-38-13-8-33(45-38)22-42-30-5-12-37-26(19-30)15-25-18-29(4-11-36(25)37)41-21-32-7-6-31(44-32)20-40-28-3-10-35-24(17-28)14-23-16-27(39)2-9-34(23)35/h2-13,16-22H,14-15,39H2,1H3/b40-20+,41-21+,42-22+. The summed E-state index contributed by atoms with van der Waals surface area (Å²) >= 11 is 3.26. The fourth-order valence-corrected chi connectivity index (χ4v) is 7.52. The first-order valence-electron chi connectivity index (χ1n) is 14.7. The predicted octanol–water partition coefficient (Wildman–Crippen LogP) is 9.79. The van der Waals surface area contributed by atoms with Crippen LogP contribution in [-0.2, 0) is 12.8 Å². The molecular weight excluding hydrogens is 593 g/mol. The van der Waals surface area contributed by atoms with Crippen molar-refractivity contribution in [3.05, 3.63) is 134 Å². The Morgan fingerprint density at radius 1 is 0.533 bits per heavy atom. The van der Waals surface area contributed by atoms with Crippen molar-refractivity contribution in [3.8, 4) is 27.3 Å². The smallest absolute Gasteiger partial charge is 0.173 e. The number of hydrogen-bond acceptors (Lipinski definition) is 7. The van der Waals surface area contributed by atoms with Crippen LogP contribution < -0.4 is 10.5 Å². The van der Waals surface area contributed by atoms with Gasteiger partial charge in [0.1, 0.15) is 0 Å². The molecule has 0 fully saturated rings. The average Bonchev–Trinajstić information content (AvgIpc) is 3.85. The highest BCUT2D eigenvalue weighted by Crippen LogP contribution is 2.41. The number of fused-ring (bicyclic) bond motifs is 6. The number of benzene rings is 4. The molecule has 0 unspecified atom stereocenters. The molecule has 6 aromatic rings. The second kappa shape index (κ2) is 11.4. The molecule has 0 spiro atoms. The first kappa shape index (κ1) is 27.4. The zero-order chi connectivity index (χ0) is 30.3. The minimum atomic E-state index is 0.811. The minimum Gasteiger partial charge on any atom is -0.487 e. The van der Waals surface area contributed by atoms with E-state index in [0.717, 1.165) is 55.3 Å². The van der Waals surface area contributed by atoms with Crippen LogP contribution in [0.3, 0.4) is 0 Å². The highest BCUT2D eigenvalue weighted by atomic mass is 32.1. The molecule has 0 aliphatic heterocycles. The van der Waals surface area contributed by atoms with Crippen LogP contribution in [0.4, 0.5) is 22.7 Å². The van der Waals surface area contributed by atoms with Crippen LogP contribution in [-0.4, -0.2) is 25.8 Å². The lowest BCUT2D eigenvalue weighted by atomic mass is 10.1. The molecule has 5 nitrogen and oxygen atoms in total. The Hall–Kier alpha value is -5.11. The zero-order valence-corrected chi connectivity index (χ0v) is 26.2. The maximum Gasteiger partial charge on any atom is 0.173 e. The summed E-state index contributed by atoms with van der Waals surface area (Å²) in [4.78, 5) is 17.5. The summed E-state index contributed by atoms with van der Waals surface area (Å²) in [6.07, 6.45) is 7.56. The van der Waals surface area contributed by atoms with Crippen molar-refractivity contribution in [2.24, 2.45) is 15.0 Å². The fraction of sp³-hybridized carbons (Fsp3) is 0.0789. The number of aliphatic imine (C=N–C) groups is 3. The molecule has 2 aliphatic rings. The van der Waals surface area contributed by atoms with Crippen molar-refractivity contribution in [2.75, 3.05) is 12.8 Å². The van der Waals surface area contributed by atoms with Crippen LogP contribution in [0.1, 0.15) is 36.9 Å². The van der Waals surface area contributed by atoms with Gasteiger partial charge in [-0.1, -0.05) is 35.6 Å². The van der Waals surface area contributed by atoms with Crippen LogP contribution in [0.2, 0.25) is 0 Å². The first-order valence-corrected chi connectivity index (χ1v) is 16.3. The number of nitrogens with two attached hydrogens (primary N) is 1. The van der Waals surface area contributed by atoms with Crippen molar-refractivity contribution in [2.45, 2.75) is 12.8 Å². The van der Waals surface area contributed by atoms with E-state index in [0.29, 0.717) is 0 Å². The van der Waals surface area contributed by atoms with Gasteiger partial charge >= 0.3 is 0 Å². The average molecular weight is 621 g/mol. The second-order valence-corrected chi connectivity index (χ2v) is 13.4.